The van der Waals surface area contributed by atoms with Crippen LogP contribution >= 0.6 is 0 Å². The lowest BCUT2D eigenvalue weighted by Crippen LogP contribution is -2.39. The van der Waals surface area contributed by atoms with E-state index in [0.29, 0.717) is 23.6 Å². The van der Waals surface area contributed by atoms with Crippen LogP contribution in [0.2, 0.25) is 0 Å². The molecule has 2 aromatic rings. The molecule has 25 heavy (non-hydrogen) atoms. The highest BCUT2D eigenvalue weighted by atomic mass is 16.5. The van der Waals surface area contributed by atoms with Gasteiger partial charge >= 0.3 is 5.69 Å². The summed E-state index contributed by atoms with van der Waals surface area (Å²) < 4.78 is 6.33. The molecule has 0 saturated carbocycles. The first-order valence-electron chi connectivity index (χ1n) is 8.08. The van der Waals surface area contributed by atoms with Gasteiger partial charge in [-0.25, -0.2) is 4.79 Å². The van der Waals surface area contributed by atoms with Crippen molar-refractivity contribution in [2.45, 2.75) is 46.6 Å². The molecule has 0 bridgehead atoms. The summed E-state index contributed by atoms with van der Waals surface area (Å²) in [5.74, 6) is 0.179. The van der Waals surface area contributed by atoms with Gasteiger partial charge in [0.05, 0.1) is 12.1 Å². The van der Waals surface area contributed by atoms with Crippen molar-refractivity contribution in [1.82, 2.24) is 14.7 Å². The highest BCUT2D eigenvalue weighted by molar-refractivity contribution is 5.96. The lowest BCUT2D eigenvalue weighted by atomic mass is 10.1. The van der Waals surface area contributed by atoms with E-state index < -0.39 is 11.2 Å². The summed E-state index contributed by atoms with van der Waals surface area (Å²) in [4.78, 5) is 40.1. The maximum Gasteiger partial charge on any atom is 0.330 e. The van der Waals surface area contributed by atoms with Crippen LogP contribution in [-0.2, 0) is 17.8 Å². The van der Waals surface area contributed by atoms with Crippen molar-refractivity contribution >= 4 is 17.4 Å². The van der Waals surface area contributed by atoms with Gasteiger partial charge < -0.3 is 15.2 Å². The van der Waals surface area contributed by atoms with E-state index >= 15 is 0 Å². The Morgan fingerprint density at radius 2 is 2.04 bits per heavy atom. The van der Waals surface area contributed by atoms with Gasteiger partial charge in [0.15, 0.2) is 5.69 Å². The molecule has 0 aliphatic rings. The Kier molecular flexibility index (Phi) is 5.45. The number of hydrogen-bond donors (Lipinski definition) is 2. The third-order valence-corrected chi connectivity index (χ3v) is 4.17. The molecule has 136 valence electrons. The van der Waals surface area contributed by atoms with Crippen LogP contribution in [0.1, 0.15) is 36.8 Å². The lowest BCUT2D eigenvalue weighted by Gasteiger charge is -2.20. The van der Waals surface area contributed by atoms with Crippen molar-refractivity contribution in [1.29, 1.82) is 0 Å². The van der Waals surface area contributed by atoms with Gasteiger partial charge in [0.25, 0.3) is 5.56 Å². The topological polar surface area (TPSA) is 127 Å². The Balaban J connectivity index is 2.38. The SMILES string of the molecule is CCCCn1c(N)c(N(C)C(=O)Cc2c(C)noc2C)c(=O)[nH]c1=O. The minimum Gasteiger partial charge on any atom is -0.383 e. The molecule has 3 N–H and O–H groups in total. The van der Waals surface area contributed by atoms with E-state index in [0.717, 1.165) is 12.8 Å². The molecule has 0 spiro atoms. The summed E-state index contributed by atoms with van der Waals surface area (Å²) in [7, 11) is 1.45. The molecule has 9 heteroatoms. The van der Waals surface area contributed by atoms with Gasteiger partial charge in [-0.3, -0.25) is 19.1 Å². The highest BCUT2D eigenvalue weighted by Gasteiger charge is 2.23. The first-order chi connectivity index (χ1) is 11.8. The van der Waals surface area contributed by atoms with Crippen molar-refractivity contribution < 1.29 is 9.32 Å². The smallest absolute Gasteiger partial charge is 0.330 e. The second-order valence-electron chi connectivity index (χ2n) is 5.93. The fraction of sp³-hybridized carbons (Fsp3) is 0.500. The first-order valence-corrected chi connectivity index (χ1v) is 8.08. The molecule has 0 aromatic carbocycles. The quantitative estimate of drug-likeness (QED) is 0.791. The molecule has 0 fully saturated rings. The number of aromatic amines is 1. The number of amides is 1. The number of nitrogens with zero attached hydrogens (tertiary/aromatic N) is 3. The lowest BCUT2D eigenvalue weighted by molar-refractivity contribution is -0.117. The average Bonchev–Trinajstić information content (AvgIpc) is 2.86. The molecule has 9 nitrogen and oxygen atoms in total. The van der Waals surface area contributed by atoms with Crippen molar-refractivity contribution in [3.63, 3.8) is 0 Å². The number of rotatable bonds is 6. The number of unbranched alkanes of at least 4 members (excludes halogenated alkanes) is 1. The summed E-state index contributed by atoms with van der Waals surface area (Å²) in [5, 5.41) is 3.81. The zero-order chi connectivity index (χ0) is 18.7. The fourth-order valence-electron chi connectivity index (χ4n) is 2.59. The molecule has 0 radical (unpaired) electrons. The highest BCUT2D eigenvalue weighted by Crippen LogP contribution is 2.19. The summed E-state index contributed by atoms with van der Waals surface area (Å²) in [6.45, 7) is 5.81. The number of H-pyrrole nitrogens is 1. The number of carbonyl (C=O) groups excluding carboxylic acids is 1. The number of nitrogens with one attached hydrogen (secondary N) is 1. The van der Waals surface area contributed by atoms with E-state index in [1.165, 1.54) is 16.5 Å². The number of aromatic nitrogens is 3. The summed E-state index contributed by atoms with van der Waals surface area (Å²) in [6.07, 6.45) is 1.61. The third-order valence-electron chi connectivity index (χ3n) is 4.17. The van der Waals surface area contributed by atoms with E-state index in [9.17, 15) is 14.4 Å². The monoisotopic (exact) mass is 349 g/mol. The van der Waals surface area contributed by atoms with Crippen molar-refractivity contribution in [3.05, 3.63) is 37.9 Å². The molecule has 2 rings (SSSR count). The molecule has 2 aromatic heterocycles. The number of aryl methyl sites for hydroxylation is 2. The summed E-state index contributed by atoms with van der Waals surface area (Å²) in [5.41, 5.74) is 6.01. The van der Waals surface area contributed by atoms with Crippen LogP contribution in [0.5, 0.6) is 0 Å². The van der Waals surface area contributed by atoms with Crippen LogP contribution in [0.3, 0.4) is 0 Å². The molecule has 0 aliphatic heterocycles. The molecule has 2 heterocycles. The van der Waals surface area contributed by atoms with Crippen LogP contribution in [0.25, 0.3) is 0 Å². The molecule has 0 saturated heterocycles. The molecule has 0 unspecified atom stereocenters. The Hall–Kier alpha value is -2.84. The van der Waals surface area contributed by atoms with E-state index in [1.807, 2.05) is 6.92 Å². The van der Waals surface area contributed by atoms with Crippen LogP contribution in [0, 0.1) is 13.8 Å². The molecular weight excluding hydrogens is 326 g/mol. The van der Waals surface area contributed by atoms with Crippen LogP contribution in [0.15, 0.2) is 14.1 Å². The average molecular weight is 349 g/mol. The van der Waals surface area contributed by atoms with Crippen LogP contribution < -0.4 is 21.9 Å². The number of anilines is 2. The van der Waals surface area contributed by atoms with Gasteiger partial charge in [-0.15, -0.1) is 0 Å². The Labute approximate surface area is 144 Å². The number of carbonyl (C=O) groups is 1. The normalized spacial score (nSPS) is 10.9. The van der Waals surface area contributed by atoms with E-state index in [4.69, 9.17) is 10.3 Å². The first kappa shape index (κ1) is 18.5. The minimum absolute atomic E-state index is 0.0168. The fourth-order valence-corrected chi connectivity index (χ4v) is 2.59. The van der Waals surface area contributed by atoms with Gasteiger partial charge in [0.1, 0.15) is 11.6 Å². The maximum absolute atomic E-state index is 12.6. The number of hydrogen-bond acceptors (Lipinski definition) is 6. The molecule has 1 amide bonds. The maximum atomic E-state index is 12.6. The third kappa shape index (κ3) is 3.65. The van der Waals surface area contributed by atoms with Crippen molar-refractivity contribution in [3.8, 4) is 0 Å². The van der Waals surface area contributed by atoms with Crippen molar-refractivity contribution in [2.24, 2.45) is 0 Å². The predicted octanol–water partition coefficient (Wildman–Crippen LogP) is 0.729. The zero-order valence-corrected chi connectivity index (χ0v) is 14.9. The van der Waals surface area contributed by atoms with E-state index in [2.05, 4.69) is 10.1 Å². The summed E-state index contributed by atoms with van der Waals surface area (Å²) in [6, 6.07) is 0. The van der Waals surface area contributed by atoms with Gasteiger partial charge in [0, 0.05) is 19.2 Å². The van der Waals surface area contributed by atoms with Gasteiger partial charge in [-0.05, 0) is 20.3 Å². The molecule has 0 atom stereocenters. The minimum atomic E-state index is -0.690. The Morgan fingerprint density at radius 3 is 2.60 bits per heavy atom. The number of likely N-dealkylation sites (N-methyl/N-ethyl adjacent to an activating group) is 1. The van der Waals surface area contributed by atoms with E-state index in [1.54, 1.807) is 13.8 Å². The van der Waals surface area contributed by atoms with Crippen LogP contribution in [0.4, 0.5) is 11.5 Å². The standard InChI is InChI=1S/C16H23N5O4/c1-5-6-7-21-14(17)13(15(23)18-16(21)24)20(4)12(22)8-11-9(2)19-25-10(11)3/h5-8,17H2,1-4H3,(H,18,23,24). The largest absolute Gasteiger partial charge is 0.383 e. The number of nitrogens with two attached hydrogens (primary N) is 1. The van der Waals surface area contributed by atoms with Gasteiger partial charge in [0.2, 0.25) is 5.91 Å². The number of nitrogen functional groups attached to an aromatic ring is 1. The van der Waals surface area contributed by atoms with Crippen molar-refractivity contribution in [2.75, 3.05) is 17.7 Å². The summed E-state index contributed by atoms with van der Waals surface area (Å²) >= 11 is 0. The second kappa shape index (κ2) is 7.37. The Bertz CT molecular complexity index is 873. The van der Waals surface area contributed by atoms with Gasteiger partial charge in [-0.2, -0.15) is 0 Å². The zero-order valence-electron chi connectivity index (χ0n) is 14.9. The molecule has 0 aliphatic carbocycles. The Morgan fingerprint density at radius 1 is 1.36 bits per heavy atom. The van der Waals surface area contributed by atoms with E-state index in [-0.39, 0.29) is 23.8 Å². The van der Waals surface area contributed by atoms with Gasteiger partial charge in [-0.1, -0.05) is 18.5 Å². The predicted molar refractivity (Wildman–Crippen MR) is 93.7 cm³/mol. The van der Waals surface area contributed by atoms with Crippen LogP contribution in [-0.4, -0.2) is 27.7 Å². The molecular formula is C16H23N5O4. The second-order valence-corrected chi connectivity index (χ2v) is 5.93.